The van der Waals surface area contributed by atoms with E-state index in [1.807, 2.05) is 79.0 Å². The van der Waals surface area contributed by atoms with Crippen LogP contribution in [0, 0.1) is 6.92 Å². The molecule has 5 aromatic rings. The van der Waals surface area contributed by atoms with Crippen LogP contribution in [0.5, 0.6) is 5.75 Å². The van der Waals surface area contributed by atoms with Gasteiger partial charge in [-0.15, -0.1) is 11.3 Å². The van der Waals surface area contributed by atoms with Crippen LogP contribution in [0.3, 0.4) is 0 Å². The molecule has 1 aromatic heterocycles. The number of amides is 2. The van der Waals surface area contributed by atoms with Crippen molar-refractivity contribution in [2.75, 3.05) is 17.2 Å². The Morgan fingerprint density at radius 2 is 1.72 bits per heavy atom. The molecule has 216 valence electrons. The van der Waals surface area contributed by atoms with Crippen molar-refractivity contribution in [2.45, 2.75) is 6.92 Å². The molecular weight excluding hydrogens is 694 g/mol. The largest absolute Gasteiger partial charge is 0.482 e. The van der Waals surface area contributed by atoms with Crippen molar-refractivity contribution in [1.29, 1.82) is 0 Å². The van der Waals surface area contributed by atoms with Gasteiger partial charge in [-0.05, 0) is 70.9 Å². The summed E-state index contributed by atoms with van der Waals surface area (Å²) in [4.78, 5) is 29.9. The van der Waals surface area contributed by atoms with E-state index in [9.17, 15) is 9.59 Å². The van der Waals surface area contributed by atoms with Crippen LogP contribution in [0.25, 0.3) is 11.3 Å². The fourth-order valence-electron chi connectivity index (χ4n) is 3.99. The maximum absolute atomic E-state index is 12.8. The number of hydrogen-bond acceptors (Lipinski definition) is 7. The molecule has 0 bridgehead atoms. The summed E-state index contributed by atoms with van der Waals surface area (Å²) in [6.07, 6.45) is 1.47. The Morgan fingerprint density at radius 1 is 0.977 bits per heavy atom. The van der Waals surface area contributed by atoms with Crippen LogP contribution in [-0.2, 0) is 4.79 Å². The highest BCUT2D eigenvalue weighted by Gasteiger charge is 2.13. The molecule has 0 fully saturated rings. The number of thiazole rings is 1. The molecule has 3 N–H and O–H groups in total. The summed E-state index contributed by atoms with van der Waals surface area (Å²) in [7, 11) is 0. The zero-order valence-electron chi connectivity index (χ0n) is 22.8. The maximum atomic E-state index is 12.8. The number of carbonyl (C=O) groups excluding carboxylic acids is 2. The molecule has 0 spiro atoms. The van der Waals surface area contributed by atoms with E-state index in [0.717, 1.165) is 37.8 Å². The Morgan fingerprint density at radius 3 is 2.49 bits per heavy atom. The molecule has 0 atom stereocenters. The number of benzene rings is 4. The molecule has 0 radical (unpaired) electrons. The molecule has 0 saturated heterocycles. The van der Waals surface area contributed by atoms with Gasteiger partial charge in [0.2, 0.25) is 0 Å². The third-order valence-corrected chi connectivity index (χ3v) is 7.95. The van der Waals surface area contributed by atoms with Gasteiger partial charge in [-0.25, -0.2) is 10.4 Å². The fraction of sp³-hybridized carbons (Fsp3) is 0.0625. The second kappa shape index (κ2) is 14.2. The normalized spacial score (nSPS) is 10.9. The number of hydrazone groups is 1. The summed E-state index contributed by atoms with van der Waals surface area (Å²) in [6.45, 7) is 1.71. The Hall–Kier alpha value is -4.32. The van der Waals surface area contributed by atoms with E-state index in [1.54, 1.807) is 24.3 Å². The predicted octanol–water partition coefficient (Wildman–Crippen LogP) is 8.17. The van der Waals surface area contributed by atoms with Gasteiger partial charge < -0.3 is 15.4 Å². The fourth-order valence-corrected chi connectivity index (χ4v) is 6.10. The van der Waals surface area contributed by atoms with E-state index in [1.165, 1.54) is 17.6 Å². The van der Waals surface area contributed by atoms with Crippen molar-refractivity contribution in [3.8, 4) is 17.0 Å². The Bertz CT molecular complexity index is 1780. The van der Waals surface area contributed by atoms with E-state index < -0.39 is 0 Å². The SMILES string of the molecule is Cc1ccccc1NC(=O)COc1c(Br)cc(Br)cc1/C=N/NC(=O)c1ccc(-c2csc(Nc3ccccc3)n2)cc1. The van der Waals surface area contributed by atoms with Gasteiger partial charge in [-0.3, -0.25) is 9.59 Å². The summed E-state index contributed by atoms with van der Waals surface area (Å²) >= 11 is 8.45. The first-order valence-electron chi connectivity index (χ1n) is 13.0. The molecule has 0 unspecified atom stereocenters. The van der Waals surface area contributed by atoms with Crippen LogP contribution in [0.2, 0.25) is 0 Å². The summed E-state index contributed by atoms with van der Waals surface area (Å²) in [6, 6.07) is 28.1. The number of rotatable bonds is 10. The monoisotopic (exact) mass is 717 g/mol. The first-order valence-corrected chi connectivity index (χ1v) is 15.5. The Kier molecular flexibility index (Phi) is 9.98. The van der Waals surface area contributed by atoms with E-state index >= 15 is 0 Å². The van der Waals surface area contributed by atoms with Gasteiger partial charge in [0, 0.05) is 37.9 Å². The third-order valence-electron chi connectivity index (χ3n) is 6.15. The average Bonchev–Trinajstić information content (AvgIpc) is 3.47. The Labute approximate surface area is 269 Å². The minimum atomic E-state index is -0.373. The number of hydrogen-bond donors (Lipinski definition) is 3. The van der Waals surface area contributed by atoms with Gasteiger partial charge in [0.1, 0.15) is 5.75 Å². The lowest BCUT2D eigenvalue weighted by molar-refractivity contribution is -0.118. The highest BCUT2D eigenvalue weighted by atomic mass is 79.9. The van der Waals surface area contributed by atoms with E-state index in [0.29, 0.717) is 21.3 Å². The van der Waals surface area contributed by atoms with E-state index in [2.05, 4.69) is 58.0 Å². The average molecular weight is 719 g/mol. The lowest BCUT2D eigenvalue weighted by atomic mass is 10.1. The van der Waals surface area contributed by atoms with Gasteiger partial charge in [0.15, 0.2) is 11.7 Å². The number of ether oxygens (including phenoxy) is 1. The molecule has 0 aliphatic heterocycles. The second-order valence-electron chi connectivity index (χ2n) is 9.26. The van der Waals surface area contributed by atoms with Crippen molar-refractivity contribution in [3.05, 3.63) is 122 Å². The molecule has 0 aliphatic rings. The number of aromatic nitrogens is 1. The van der Waals surface area contributed by atoms with E-state index in [-0.39, 0.29) is 18.4 Å². The number of nitrogens with zero attached hydrogens (tertiary/aromatic N) is 2. The molecule has 4 aromatic carbocycles. The highest BCUT2D eigenvalue weighted by molar-refractivity contribution is 9.11. The number of halogens is 2. The minimum absolute atomic E-state index is 0.211. The predicted molar refractivity (Wildman–Crippen MR) is 179 cm³/mol. The smallest absolute Gasteiger partial charge is 0.271 e. The number of anilines is 3. The summed E-state index contributed by atoms with van der Waals surface area (Å²) in [5, 5.41) is 13.0. The van der Waals surface area contributed by atoms with E-state index in [4.69, 9.17) is 4.74 Å². The number of para-hydroxylation sites is 2. The van der Waals surface area contributed by atoms with Gasteiger partial charge in [-0.2, -0.15) is 5.10 Å². The molecule has 8 nitrogen and oxygen atoms in total. The molecule has 5 rings (SSSR count). The quantitative estimate of drug-likeness (QED) is 0.0999. The second-order valence-corrected chi connectivity index (χ2v) is 11.9. The zero-order chi connectivity index (χ0) is 30.2. The maximum Gasteiger partial charge on any atom is 0.271 e. The van der Waals surface area contributed by atoms with Crippen LogP contribution >= 0.6 is 43.2 Å². The highest BCUT2D eigenvalue weighted by Crippen LogP contribution is 2.32. The van der Waals surface area contributed by atoms with Crippen molar-refractivity contribution >= 4 is 77.7 Å². The van der Waals surface area contributed by atoms with Crippen LogP contribution in [-0.4, -0.2) is 29.6 Å². The Balaban J connectivity index is 1.20. The number of nitrogens with one attached hydrogen (secondary N) is 3. The molecule has 43 heavy (non-hydrogen) atoms. The lowest BCUT2D eigenvalue weighted by Gasteiger charge is -2.13. The molecule has 0 aliphatic carbocycles. The minimum Gasteiger partial charge on any atom is -0.482 e. The summed E-state index contributed by atoms with van der Waals surface area (Å²) in [5.41, 5.74) is 7.90. The van der Waals surface area contributed by atoms with Gasteiger partial charge in [-0.1, -0.05) is 64.5 Å². The topological polar surface area (TPSA) is 105 Å². The van der Waals surface area contributed by atoms with Crippen molar-refractivity contribution in [2.24, 2.45) is 5.10 Å². The van der Waals surface area contributed by atoms with Crippen LogP contribution in [0.1, 0.15) is 21.5 Å². The molecule has 1 heterocycles. The molecule has 2 amide bonds. The number of carbonyl (C=O) groups is 2. The van der Waals surface area contributed by atoms with Crippen LogP contribution < -0.4 is 20.8 Å². The van der Waals surface area contributed by atoms with Crippen LogP contribution in [0.15, 0.2) is 110 Å². The summed E-state index contributed by atoms with van der Waals surface area (Å²) in [5.74, 6) is -0.262. The summed E-state index contributed by atoms with van der Waals surface area (Å²) < 4.78 is 7.23. The first kappa shape index (κ1) is 30.1. The molecule has 11 heteroatoms. The lowest BCUT2D eigenvalue weighted by Crippen LogP contribution is -2.21. The third kappa shape index (κ3) is 8.16. The number of aryl methyl sites for hydroxylation is 1. The zero-order valence-corrected chi connectivity index (χ0v) is 26.8. The molecule has 0 saturated carbocycles. The van der Waals surface area contributed by atoms with Crippen molar-refractivity contribution in [1.82, 2.24) is 10.4 Å². The van der Waals surface area contributed by atoms with Gasteiger partial charge in [0.05, 0.1) is 16.4 Å². The molecular formula is C32H25Br2N5O3S. The first-order chi connectivity index (χ1) is 20.9. The van der Waals surface area contributed by atoms with Crippen LogP contribution in [0.4, 0.5) is 16.5 Å². The van der Waals surface area contributed by atoms with Crippen molar-refractivity contribution < 1.29 is 14.3 Å². The van der Waals surface area contributed by atoms with Crippen molar-refractivity contribution in [3.63, 3.8) is 0 Å². The van der Waals surface area contributed by atoms with Gasteiger partial charge >= 0.3 is 0 Å². The van der Waals surface area contributed by atoms with Gasteiger partial charge in [0.25, 0.3) is 11.8 Å². The standard InChI is InChI=1S/C32H25Br2N5O3S/c1-20-7-5-6-10-27(20)37-29(40)18-42-30-23(15-24(33)16-26(30)34)17-35-39-31(41)22-13-11-21(12-14-22)28-19-43-32(38-28)36-25-8-3-2-4-9-25/h2-17,19H,18H2,1H3,(H,36,38)(H,37,40)(H,39,41)/b35-17+.